The molecule has 3 rings (SSSR count). The van der Waals surface area contributed by atoms with Gasteiger partial charge in [0.25, 0.3) is 0 Å². The van der Waals surface area contributed by atoms with Gasteiger partial charge in [0.15, 0.2) is 0 Å². The highest BCUT2D eigenvalue weighted by Crippen LogP contribution is 2.32. The van der Waals surface area contributed by atoms with Crippen LogP contribution < -0.4 is 10.2 Å². The van der Waals surface area contributed by atoms with E-state index < -0.39 is 0 Å². The van der Waals surface area contributed by atoms with Crippen molar-refractivity contribution in [3.8, 4) is 0 Å². The van der Waals surface area contributed by atoms with Crippen LogP contribution in [0.1, 0.15) is 24.8 Å². The number of benzene rings is 1. The first-order valence-electron chi connectivity index (χ1n) is 8.01. The quantitative estimate of drug-likeness (QED) is 0.851. The standard InChI is InChI=1S/C17H22N2O3S/c1-12(20)18-11-15-10-16(17(21)22-15)13-2-4-14(5-3-13)19-6-8-23-9-7-19/h2-5,15-16H,6-11H2,1H3,(H,18,20)/t15?,16-/m1/s1. The Morgan fingerprint density at radius 2 is 2.00 bits per heavy atom. The number of cyclic esters (lactones) is 1. The summed E-state index contributed by atoms with van der Waals surface area (Å²) in [6, 6.07) is 8.26. The van der Waals surface area contributed by atoms with Gasteiger partial charge in [0.05, 0.1) is 12.5 Å². The molecule has 0 aromatic heterocycles. The Balaban J connectivity index is 1.62. The fourth-order valence-electron chi connectivity index (χ4n) is 3.05. The van der Waals surface area contributed by atoms with Crippen molar-refractivity contribution in [2.45, 2.75) is 25.4 Å². The van der Waals surface area contributed by atoms with Crippen LogP contribution in [0.4, 0.5) is 5.69 Å². The highest BCUT2D eigenvalue weighted by Gasteiger charge is 2.35. The van der Waals surface area contributed by atoms with Crippen molar-refractivity contribution < 1.29 is 14.3 Å². The molecule has 2 saturated heterocycles. The van der Waals surface area contributed by atoms with Crippen LogP contribution in [-0.4, -0.2) is 49.1 Å². The predicted molar refractivity (Wildman–Crippen MR) is 91.9 cm³/mol. The van der Waals surface area contributed by atoms with Crippen LogP contribution in [0.3, 0.4) is 0 Å². The lowest BCUT2D eigenvalue weighted by Gasteiger charge is -2.28. The molecule has 1 N–H and O–H groups in total. The monoisotopic (exact) mass is 334 g/mol. The molecule has 0 bridgehead atoms. The summed E-state index contributed by atoms with van der Waals surface area (Å²) in [5.74, 6) is 1.82. The molecule has 1 amide bonds. The van der Waals surface area contributed by atoms with E-state index in [1.165, 1.54) is 24.1 Å². The maximum absolute atomic E-state index is 12.1. The summed E-state index contributed by atoms with van der Waals surface area (Å²) in [6.07, 6.45) is 0.397. The Hall–Kier alpha value is -1.69. The van der Waals surface area contributed by atoms with Gasteiger partial charge in [-0.1, -0.05) is 12.1 Å². The topological polar surface area (TPSA) is 58.6 Å². The molecule has 2 fully saturated rings. The minimum atomic E-state index is -0.227. The van der Waals surface area contributed by atoms with Crippen molar-refractivity contribution in [3.05, 3.63) is 29.8 Å². The van der Waals surface area contributed by atoms with Gasteiger partial charge in [0.1, 0.15) is 6.10 Å². The first-order chi connectivity index (χ1) is 11.1. The van der Waals surface area contributed by atoms with E-state index in [4.69, 9.17) is 4.74 Å². The van der Waals surface area contributed by atoms with Crippen LogP contribution in [0.15, 0.2) is 24.3 Å². The lowest BCUT2D eigenvalue weighted by Crippen LogP contribution is -2.32. The summed E-state index contributed by atoms with van der Waals surface area (Å²) in [6.45, 7) is 4.01. The third-order valence-corrected chi connectivity index (χ3v) is 5.26. The number of amides is 1. The van der Waals surface area contributed by atoms with Crippen molar-refractivity contribution in [2.75, 3.05) is 36.0 Å². The van der Waals surface area contributed by atoms with Crippen molar-refractivity contribution in [3.63, 3.8) is 0 Å². The van der Waals surface area contributed by atoms with Gasteiger partial charge in [-0.2, -0.15) is 11.8 Å². The molecule has 0 radical (unpaired) electrons. The highest BCUT2D eigenvalue weighted by molar-refractivity contribution is 7.99. The van der Waals surface area contributed by atoms with E-state index in [0.29, 0.717) is 13.0 Å². The second-order valence-corrected chi connectivity index (χ2v) is 7.20. The van der Waals surface area contributed by atoms with Crippen molar-refractivity contribution >= 4 is 29.3 Å². The number of thioether (sulfide) groups is 1. The Kier molecular flexibility index (Phi) is 5.10. The number of carbonyl (C=O) groups excluding carboxylic acids is 2. The first-order valence-corrected chi connectivity index (χ1v) is 9.16. The Bertz CT molecular complexity index is 570. The van der Waals surface area contributed by atoms with Crippen LogP contribution in [0, 0.1) is 0 Å². The van der Waals surface area contributed by atoms with Crippen molar-refractivity contribution in [1.82, 2.24) is 5.32 Å². The van der Waals surface area contributed by atoms with Gasteiger partial charge in [0, 0.05) is 43.6 Å². The number of hydrogen-bond acceptors (Lipinski definition) is 5. The number of nitrogens with zero attached hydrogens (tertiary/aromatic N) is 1. The molecule has 1 aromatic rings. The van der Waals surface area contributed by atoms with Crippen LogP contribution in [0.25, 0.3) is 0 Å². The average Bonchev–Trinajstić information content (AvgIpc) is 2.95. The van der Waals surface area contributed by atoms with Crippen LogP contribution in [-0.2, 0) is 14.3 Å². The van der Waals surface area contributed by atoms with Crippen LogP contribution in [0.5, 0.6) is 0 Å². The van der Waals surface area contributed by atoms with Crippen LogP contribution >= 0.6 is 11.8 Å². The molecule has 2 atom stereocenters. The fourth-order valence-corrected chi connectivity index (χ4v) is 3.95. The molecule has 23 heavy (non-hydrogen) atoms. The molecule has 6 heteroatoms. The molecule has 0 spiro atoms. The Labute approximate surface area is 140 Å². The summed E-state index contributed by atoms with van der Waals surface area (Å²) < 4.78 is 5.36. The van der Waals surface area contributed by atoms with E-state index in [-0.39, 0.29) is 23.9 Å². The van der Waals surface area contributed by atoms with Gasteiger partial charge < -0.3 is 15.0 Å². The SMILES string of the molecule is CC(=O)NCC1C[C@H](c2ccc(N3CCSCC3)cc2)C(=O)O1. The summed E-state index contributed by atoms with van der Waals surface area (Å²) in [7, 11) is 0. The van der Waals surface area contributed by atoms with E-state index in [2.05, 4.69) is 22.3 Å². The minimum Gasteiger partial charge on any atom is -0.460 e. The molecule has 0 aliphatic carbocycles. The van der Waals surface area contributed by atoms with Gasteiger partial charge in [-0.25, -0.2) is 0 Å². The molecule has 2 aliphatic heterocycles. The van der Waals surface area contributed by atoms with E-state index >= 15 is 0 Å². The third-order valence-electron chi connectivity index (χ3n) is 4.32. The normalized spacial score (nSPS) is 24.4. The van der Waals surface area contributed by atoms with E-state index in [1.807, 2.05) is 23.9 Å². The molecule has 2 heterocycles. The summed E-state index contributed by atoms with van der Waals surface area (Å²) in [5, 5.41) is 2.71. The Morgan fingerprint density at radius 1 is 1.30 bits per heavy atom. The number of carbonyl (C=O) groups is 2. The zero-order valence-electron chi connectivity index (χ0n) is 13.3. The number of anilines is 1. The molecule has 124 valence electrons. The number of ether oxygens (including phenoxy) is 1. The third kappa shape index (κ3) is 3.99. The second-order valence-electron chi connectivity index (χ2n) is 5.98. The molecular weight excluding hydrogens is 312 g/mol. The molecule has 1 unspecified atom stereocenters. The van der Waals surface area contributed by atoms with Gasteiger partial charge in [-0.3, -0.25) is 9.59 Å². The molecule has 0 saturated carbocycles. The van der Waals surface area contributed by atoms with Crippen molar-refractivity contribution in [1.29, 1.82) is 0 Å². The second kappa shape index (κ2) is 7.25. The lowest BCUT2D eigenvalue weighted by atomic mass is 9.95. The van der Waals surface area contributed by atoms with E-state index in [1.54, 1.807) is 0 Å². The average molecular weight is 334 g/mol. The maximum Gasteiger partial charge on any atom is 0.313 e. The zero-order chi connectivity index (χ0) is 16.2. The predicted octanol–water partition coefficient (Wildman–Crippen LogP) is 1.78. The summed E-state index contributed by atoms with van der Waals surface area (Å²) >= 11 is 1.99. The van der Waals surface area contributed by atoms with Gasteiger partial charge >= 0.3 is 5.97 Å². The highest BCUT2D eigenvalue weighted by atomic mass is 32.2. The Morgan fingerprint density at radius 3 is 2.65 bits per heavy atom. The fraction of sp³-hybridized carbons (Fsp3) is 0.529. The van der Waals surface area contributed by atoms with Crippen molar-refractivity contribution in [2.24, 2.45) is 0 Å². The van der Waals surface area contributed by atoms with Crippen LogP contribution in [0.2, 0.25) is 0 Å². The molecular formula is C17H22N2O3S. The van der Waals surface area contributed by atoms with Gasteiger partial charge in [0.2, 0.25) is 5.91 Å². The summed E-state index contributed by atoms with van der Waals surface area (Å²) in [5.41, 5.74) is 2.21. The number of esters is 1. The number of nitrogens with one attached hydrogen (secondary N) is 1. The largest absolute Gasteiger partial charge is 0.460 e. The minimum absolute atomic E-state index is 0.103. The number of rotatable bonds is 4. The lowest BCUT2D eigenvalue weighted by molar-refractivity contribution is -0.142. The zero-order valence-corrected chi connectivity index (χ0v) is 14.1. The first kappa shape index (κ1) is 16.2. The van der Waals surface area contributed by atoms with Gasteiger partial charge in [-0.15, -0.1) is 0 Å². The van der Waals surface area contributed by atoms with E-state index in [9.17, 15) is 9.59 Å². The smallest absolute Gasteiger partial charge is 0.313 e. The van der Waals surface area contributed by atoms with Gasteiger partial charge in [-0.05, 0) is 17.7 Å². The molecule has 1 aromatic carbocycles. The number of hydrogen-bond donors (Lipinski definition) is 1. The maximum atomic E-state index is 12.1. The molecule has 5 nitrogen and oxygen atoms in total. The summed E-state index contributed by atoms with van der Waals surface area (Å²) in [4.78, 5) is 25.4. The molecule has 2 aliphatic rings. The van der Waals surface area contributed by atoms with E-state index in [0.717, 1.165) is 18.7 Å².